The third-order valence-electron chi connectivity index (χ3n) is 4.31. The first-order valence-electron chi connectivity index (χ1n) is 7.87. The zero-order valence-corrected chi connectivity index (χ0v) is 15.0. The highest BCUT2D eigenvalue weighted by molar-refractivity contribution is 7.89. The number of halogens is 1. The van der Waals surface area contributed by atoms with Crippen LogP contribution in [0.25, 0.3) is 0 Å². The fourth-order valence-electron chi connectivity index (χ4n) is 2.74. The second-order valence-corrected chi connectivity index (χ2v) is 8.55. The molecule has 1 N–H and O–H groups in total. The van der Waals surface area contributed by atoms with Gasteiger partial charge < -0.3 is 5.32 Å². The first-order valence-corrected chi connectivity index (χ1v) is 9.86. The summed E-state index contributed by atoms with van der Waals surface area (Å²) in [4.78, 5) is 12.4. The summed E-state index contributed by atoms with van der Waals surface area (Å²) < 4.78 is 25.2. The zero-order valence-electron chi connectivity index (χ0n) is 13.5. The second kappa shape index (κ2) is 7.64. The maximum atomic E-state index is 12.4. The Morgan fingerprint density at radius 2 is 1.87 bits per heavy atom. The van der Waals surface area contributed by atoms with Crippen molar-refractivity contribution in [3.05, 3.63) is 34.9 Å². The van der Waals surface area contributed by atoms with E-state index in [1.54, 1.807) is 19.1 Å². The highest BCUT2D eigenvalue weighted by Gasteiger charge is 2.30. The van der Waals surface area contributed by atoms with E-state index in [0.717, 1.165) is 5.56 Å². The Morgan fingerprint density at radius 1 is 1.30 bits per heavy atom. The van der Waals surface area contributed by atoms with Gasteiger partial charge in [-0.2, -0.15) is 0 Å². The Hall–Kier alpha value is -1.11. The first-order chi connectivity index (χ1) is 10.8. The van der Waals surface area contributed by atoms with Crippen LogP contribution in [0.1, 0.15) is 38.3 Å². The van der Waals surface area contributed by atoms with E-state index in [1.165, 1.54) is 4.31 Å². The molecule has 1 aromatic rings. The molecule has 0 saturated carbocycles. The minimum absolute atomic E-state index is 0.0130. The van der Waals surface area contributed by atoms with E-state index in [4.69, 9.17) is 11.6 Å². The number of piperidine rings is 1. The minimum atomic E-state index is -3.15. The topological polar surface area (TPSA) is 66.5 Å². The van der Waals surface area contributed by atoms with Gasteiger partial charge in [0.1, 0.15) is 0 Å². The molecule has 0 aromatic heterocycles. The number of amides is 1. The Balaban J connectivity index is 1.89. The maximum Gasteiger partial charge on any atom is 0.223 e. The molecule has 1 aromatic carbocycles. The number of hydrogen-bond acceptors (Lipinski definition) is 3. The molecular formula is C16H23ClN2O3S. The lowest BCUT2D eigenvalue weighted by Gasteiger charge is -2.31. The predicted octanol–water partition coefficient (Wildman–Crippen LogP) is 2.58. The van der Waals surface area contributed by atoms with Crippen molar-refractivity contribution in [1.82, 2.24) is 9.62 Å². The number of benzene rings is 1. The van der Waals surface area contributed by atoms with Crippen LogP contribution in [0.5, 0.6) is 0 Å². The van der Waals surface area contributed by atoms with Crippen molar-refractivity contribution in [2.75, 3.05) is 18.8 Å². The summed E-state index contributed by atoms with van der Waals surface area (Å²) >= 11 is 5.87. The normalized spacial score (nSPS) is 18.6. The summed E-state index contributed by atoms with van der Waals surface area (Å²) in [5, 5.41) is 3.67. The van der Waals surface area contributed by atoms with Crippen molar-refractivity contribution >= 4 is 27.5 Å². The van der Waals surface area contributed by atoms with Crippen LogP contribution in [0.2, 0.25) is 5.02 Å². The number of carbonyl (C=O) groups is 1. The van der Waals surface area contributed by atoms with Gasteiger partial charge in [0.05, 0.1) is 11.8 Å². The standard InChI is InChI=1S/C16H23ClN2O3S/c1-3-23(21,22)19-10-8-14(9-11-19)16(20)18-12(2)13-4-6-15(17)7-5-13/h4-7,12,14H,3,8-11H2,1-2H3,(H,18,20). The van der Waals surface area contributed by atoms with Gasteiger partial charge >= 0.3 is 0 Å². The lowest BCUT2D eigenvalue weighted by atomic mass is 9.96. The van der Waals surface area contributed by atoms with Gasteiger partial charge in [0, 0.05) is 24.0 Å². The van der Waals surface area contributed by atoms with E-state index in [9.17, 15) is 13.2 Å². The van der Waals surface area contributed by atoms with E-state index in [2.05, 4.69) is 5.32 Å². The van der Waals surface area contributed by atoms with Gasteiger partial charge in [-0.25, -0.2) is 12.7 Å². The number of hydrogen-bond donors (Lipinski definition) is 1. The van der Waals surface area contributed by atoms with Gasteiger partial charge in [0.15, 0.2) is 0 Å². The van der Waals surface area contributed by atoms with Crippen molar-refractivity contribution in [3.63, 3.8) is 0 Å². The van der Waals surface area contributed by atoms with Gasteiger partial charge in [-0.3, -0.25) is 4.79 Å². The molecular weight excluding hydrogens is 336 g/mol. The van der Waals surface area contributed by atoms with E-state index in [1.807, 2.05) is 19.1 Å². The molecule has 1 saturated heterocycles. The molecule has 1 atom stereocenters. The molecule has 1 fully saturated rings. The third-order valence-corrected chi connectivity index (χ3v) is 6.45. The lowest BCUT2D eigenvalue weighted by Crippen LogP contribution is -2.43. The van der Waals surface area contributed by atoms with Crippen molar-refractivity contribution in [1.29, 1.82) is 0 Å². The van der Waals surface area contributed by atoms with Crippen LogP contribution in [0.15, 0.2) is 24.3 Å². The summed E-state index contributed by atoms with van der Waals surface area (Å²) in [6, 6.07) is 7.28. The average Bonchev–Trinajstić information content (AvgIpc) is 2.55. The molecule has 0 aliphatic carbocycles. The molecule has 1 aliphatic heterocycles. The van der Waals surface area contributed by atoms with E-state index < -0.39 is 10.0 Å². The molecule has 2 rings (SSSR count). The molecule has 1 amide bonds. The van der Waals surface area contributed by atoms with Crippen LogP contribution in [-0.2, 0) is 14.8 Å². The highest BCUT2D eigenvalue weighted by Crippen LogP contribution is 2.22. The van der Waals surface area contributed by atoms with Crippen LogP contribution >= 0.6 is 11.6 Å². The largest absolute Gasteiger partial charge is 0.349 e. The SMILES string of the molecule is CCS(=O)(=O)N1CCC(C(=O)NC(C)c2ccc(Cl)cc2)CC1. The second-order valence-electron chi connectivity index (χ2n) is 5.86. The number of carbonyl (C=O) groups excluding carboxylic acids is 1. The Labute approximate surface area is 143 Å². The Bertz CT molecular complexity index is 638. The fraction of sp³-hybridized carbons (Fsp3) is 0.562. The molecule has 23 heavy (non-hydrogen) atoms. The fourth-order valence-corrected chi connectivity index (χ4v) is 4.00. The van der Waals surface area contributed by atoms with Crippen molar-refractivity contribution < 1.29 is 13.2 Å². The number of nitrogens with zero attached hydrogens (tertiary/aromatic N) is 1. The smallest absolute Gasteiger partial charge is 0.223 e. The molecule has 1 heterocycles. The lowest BCUT2D eigenvalue weighted by molar-refractivity contribution is -0.126. The molecule has 0 radical (unpaired) electrons. The third kappa shape index (κ3) is 4.68. The van der Waals surface area contributed by atoms with E-state index in [-0.39, 0.29) is 23.6 Å². The van der Waals surface area contributed by atoms with E-state index in [0.29, 0.717) is 31.0 Å². The summed E-state index contributed by atoms with van der Waals surface area (Å²) in [5.74, 6) is -0.0358. The molecule has 1 unspecified atom stereocenters. The molecule has 0 bridgehead atoms. The van der Waals surface area contributed by atoms with Gasteiger partial charge in [0.2, 0.25) is 15.9 Å². The van der Waals surface area contributed by atoms with Crippen LogP contribution in [0, 0.1) is 5.92 Å². The molecule has 128 valence electrons. The summed E-state index contributed by atoms with van der Waals surface area (Å²) in [6.07, 6.45) is 1.14. The Kier molecular flexibility index (Phi) is 6.06. The molecule has 0 spiro atoms. The summed E-state index contributed by atoms with van der Waals surface area (Å²) in [5.41, 5.74) is 0.994. The molecule has 5 nitrogen and oxygen atoms in total. The van der Waals surface area contributed by atoms with Gasteiger partial charge in [-0.1, -0.05) is 23.7 Å². The zero-order chi connectivity index (χ0) is 17.0. The Morgan fingerprint density at radius 3 is 2.39 bits per heavy atom. The average molecular weight is 359 g/mol. The summed E-state index contributed by atoms with van der Waals surface area (Å²) in [7, 11) is -3.15. The van der Waals surface area contributed by atoms with E-state index >= 15 is 0 Å². The van der Waals surface area contributed by atoms with Crippen LogP contribution in [-0.4, -0.2) is 37.5 Å². The predicted molar refractivity (Wildman–Crippen MR) is 91.8 cm³/mol. The maximum absolute atomic E-state index is 12.4. The number of nitrogens with one attached hydrogen (secondary N) is 1. The van der Waals surface area contributed by atoms with Crippen LogP contribution < -0.4 is 5.32 Å². The van der Waals surface area contributed by atoms with Crippen LogP contribution in [0.3, 0.4) is 0 Å². The summed E-state index contributed by atoms with van der Waals surface area (Å²) in [6.45, 7) is 4.41. The van der Waals surface area contributed by atoms with Gasteiger partial charge in [-0.05, 0) is 44.4 Å². The minimum Gasteiger partial charge on any atom is -0.349 e. The quantitative estimate of drug-likeness (QED) is 0.879. The van der Waals surface area contributed by atoms with Crippen molar-refractivity contribution in [3.8, 4) is 0 Å². The van der Waals surface area contributed by atoms with Gasteiger partial charge in [0.25, 0.3) is 0 Å². The highest BCUT2D eigenvalue weighted by atomic mass is 35.5. The van der Waals surface area contributed by atoms with Crippen molar-refractivity contribution in [2.24, 2.45) is 5.92 Å². The molecule has 7 heteroatoms. The first kappa shape index (κ1) is 18.2. The number of rotatable bonds is 5. The molecule has 1 aliphatic rings. The monoisotopic (exact) mass is 358 g/mol. The van der Waals surface area contributed by atoms with Gasteiger partial charge in [-0.15, -0.1) is 0 Å². The van der Waals surface area contributed by atoms with Crippen molar-refractivity contribution in [2.45, 2.75) is 32.7 Å². The number of sulfonamides is 1. The van der Waals surface area contributed by atoms with Crippen LogP contribution in [0.4, 0.5) is 0 Å².